The Morgan fingerprint density at radius 3 is 3.00 bits per heavy atom. The highest BCUT2D eigenvalue weighted by Crippen LogP contribution is 2.45. The highest BCUT2D eigenvalue weighted by molar-refractivity contribution is 6.21. The Kier molecular flexibility index (Phi) is 3.06. The van der Waals surface area contributed by atoms with Crippen LogP contribution >= 0.6 is 11.6 Å². The first-order chi connectivity index (χ1) is 9.13. The van der Waals surface area contributed by atoms with Gasteiger partial charge in [-0.2, -0.15) is 0 Å². The summed E-state index contributed by atoms with van der Waals surface area (Å²) in [5.74, 6) is 0.652. The van der Waals surface area contributed by atoms with Crippen LogP contribution in [-0.2, 0) is 0 Å². The molecule has 0 unspecified atom stereocenters. The number of anilines is 1. The van der Waals surface area contributed by atoms with Crippen molar-refractivity contribution in [2.45, 2.75) is 31.6 Å². The third kappa shape index (κ3) is 1.86. The second-order valence-electron chi connectivity index (χ2n) is 5.27. The Morgan fingerprint density at radius 1 is 1.47 bits per heavy atom. The molecule has 0 saturated carbocycles. The van der Waals surface area contributed by atoms with Crippen molar-refractivity contribution in [2.75, 3.05) is 11.9 Å². The minimum absolute atomic E-state index is 0.126. The highest BCUT2D eigenvalue weighted by atomic mass is 35.5. The van der Waals surface area contributed by atoms with Gasteiger partial charge in [-0.3, -0.25) is 0 Å². The molecule has 1 aliphatic rings. The lowest BCUT2D eigenvalue weighted by molar-refractivity contribution is 0.482. The molecule has 0 aliphatic carbocycles. The van der Waals surface area contributed by atoms with Gasteiger partial charge in [-0.25, -0.2) is 0 Å². The lowest BCUT2D eigenvalue weighted by Gasteiger charge is -2.18. The van der Waals surface area contributed by atoms with Gasteiger partial charge in [0, 0.05) is 35.0 Å². The Balaban J connectivity index is 2.32. The molecule has 2 aromatic rings. The number of hydrogen-bond donors (Lipinski definition) is 2. The molecule has 0 amide bonds. The number of alkyl halides is 1. The number of phenolic OH excluding ortho intramolecular Hbond substituents is 1. The summed E-state index contributed by atoms with van der Waals surface area (Å²) >= 11 is 6.49. The molecular weight excluding hydrogens is 258 g/mol. The topological polar surface area (TPSA) is 32.3 Å². The molecule has 0 aromatic heterocycles. The van der Waals surface area contributed by atoms with Crippen molar-refractivity contribution in [3.8, 4) is 5.75 Å². The fourth-order valence-electron chi connectivity index (χ4n) is 3.11. The van der Waals surface area contributed by atoms with Crippen LogP contribution in [0.3, 0.4) is 0 Å². The van der Waals surface area contributed by atoms with Crippen LogP contribution in [0.2, 0.25) is 0 Å². The van der Waals surface area contributed by atoms with E-state index in [0.717, 1.165) is 29.4 Å². The van der Waals surface area contributed by atoms with E-state index >= 15 is 0 Å². The third-order valence-corrected chi connectivity index (χ3v) is 4.71. The second kappa shape index (κ2) is 4.61. The van der Waals surface area contributed by atoms with Gasteiger partial charge in [0.15, 0.2) is 0 Å². The summed E-state index contributed by atoms with van der Waals surface area (Å²) in [5, 5.41) is 15.8. The summed E-state index contributed by atoms with van der Waals surface area (Å²) in [6, 6.07) is 7.88. The van der Waals surface area contributed by atoms with Crippen molar-refractivity contribution in [1.82, 2.24) is 0 Å². The average molecular weight is 276 g/mol. The first-order valence-electron chi connectivity index (χ1n) is 6.76. The largest absolute Gasteiger partial charge is 0.507 e. The number of nitrogens with one attached hydrogen (secondary N) is 1. The van der Waals surface area contributed by atoms with Gasteiger partial charge < -0.3 is 10.4 Å². The summed E-state index contributed by atoms with van der Waals surface area (Å²) in [4.78, 5) is 0. The first-order valence-corrected chi connectivity index (χ1v) is 7.20. The van der Waals surface area contributed by atoms with Crippen LogP contribution in [0.15, 0.2) is 24.3 Å². The van der Waals surface area contributed by atoms with Gasteiger partial charge in [-0.05, 0) is 29.9 Å². The average Bonchev–Trinajstić information content (AvgIpc) is 2.82. The van der Waals surface area contributed by atoms with Crippen molar-refractivity contribution in [2.24, 2.45) is 0 Å². The smallest absolute Gasteiger partial charge is 0.125 e. The Bertz CT molecular complexity index is 638. The Morgan fingerprint density at radius 2 is 2.26 bits per heavy atom. The van der Waals surface area contributed by atoms with E-state index in [0.29, 0.717) is 11.7 Å². The van der Waals surface area contributed by atoms with Crippen molar-refractivity contribution in [3.05, 3.63) is 35.4 Å². The maximum Gasteiger partial charge on any atom is 0.125 e. The first kappa shape index (κ1) is 12.6. The van der Waals surface area contributed by atoms with E-state index in [-0.39, 0.29) is 5.38 Å². The number of benzene rings is 2. The van der Waals surface area contributed by atoms with Crippen LogP contribution in [0.5, 0.6) is 5.75 Å². The van der Waals surface area contributed by atoms with E-state index < -0.39 is 0 Å². The molecule has 2 atom stereocenters. The van der Waals surface area contributed by atoms with Crippen LogP contribution in [0, 0.1) is 6.92 Å². The molecule has 1 heterocycles. The molecule has 100 valence electrons. The summed E-state index contributed by atoms with van der Waals surface area (Å²) in [5.41, 5.74) is 3.49. The molecule has 0 radical (unpaired) electrons. The van der Waals surface area contributed by atoms with E-state index in [1.165, 1.54) is 11.1 Å². The van der Waals surface area contributed by atoms with Gasteiger partial charge in [-0.15, -0.1) is 11.6 Å². The van der Waals surface area contributed by atoms with E-state index in [1.807, 2.05) is 18.2 Å². The minimum Gasteiger partial charge on any atom is -0.507 e. The van der Waals surface area contributed by atoms with Crippen LogP contribution in [-0.4, -0.2) is 17.0 Å². The molecule has 2 aromatic carbocycles. The molecule has 2 N–H and O–H groups in total. The van der Waals surface area contributed by atoms with Crippen molar-refractivity contribution < 1.29 is 5.11 Å². The number of fused-ring (bicyclic) bond motifs is 3. The molecule has 3 heteroatoms. The standard InChI is InChI=1S/C16H18ClNO/c1-3-12(17)11-8-18-13-7-14(19)10-6-4-5-9(2)15(10)16(11)13/h4-7,11-12,18-19H,3,8H2,1-2H3/t11-,12+/m0/s1. The van der Waals surface area contributed by atoms with Crippen LogP contribution < -0.4 is 5.32 Å². The van der Waals surface area contributed by atoms with Gasteiger partial charge in [-0.1, -0.05) is 25.1 Å². The SMILES string of the molecule is CC[C@@H](Cl)[C@@H]1CNc2cc(O)c3cccc(C)c3c21. The number of aryl methyl sites for hydroxylation is 1. The van der Waals surface area contributed by atoms with Gasteiger partial charge in [0.1, 0.15) is 5.75 Å². The predicted molar refractivity (Wildman–Crippen MR) is 81.5 cm³/mol. The van der Waals surface area contributed by atoms with Crippen LogP contribution in [0.25, 0.3) is 10.8 Å². The molecule has 0 spiro atoms. The minimum atomic E-state index is 0.126. The molecule has 19 heavy (non-hydrogen) atoms. The zero-order chi connectivity index (χ0) is 13.6. The number of aromatic hydroxyl groups is 1. The zero-order valence-corrected chi connectivity index (χ0v) is 12.0. The van der Waals surface area contributed by atoms with Crippen molar-refractivity contribution in [1.29, 1.82) is 0 Å². The van der Waals surface area contributed by atoms with Crippen LogP contribution in [0.4, 0.5) is 5.69 Å². The van der Waals surface area contributed by atoms with E-state index in [4.69, 9.17) is 11.6 Å². The Labute approximate surface area is 118 Å². The summed E-state index contributed by atoms with van der Waals surface area (Å²) in [6.07, 6.45) is 0.946. The van der Waals surface area contributed by atoms with Gasteiger partial charge in [0.05, 0.1) is 0 Å². The zero-order valence-electron chi connectivity index (χ0n) is 11.2. The lowest BCUT2D eigenvalue weighted by Crippen LogP contribution is -2.14. The van der Waals surface area contributed by atoms with E-state index in [1.54, 1.807) is 0 Å². The summed E-state index contributed by atoms with van der Waals surface area (Å²) in [7, 11) is 0. The summed E-state index contributed by atoms with van der Waals surface area (Å²) in [6.45, 7) is 5.06. The molecule has 1 aliphatic heterocycles. The normalized spacial score (nSPS) is 19.2. The Hall–Kier alpha value is -1.41. The fourth-order valence-corrected chi connectivity index (χ4v) is 3.33. The van der Waals surface area contributed by atoms with Crippen molar-refractivity contribution in [3.63, 3.8) is 0 Å². The predicted octanol–water partition coefficient (Wildman–Crippen LogP) is 4.38. The molecular formula is C16H18ClNO. The number of phenols is 1. The van der Waals surface area contributed by atoms with Crippen LogP contribution in [0.1, 0.15) is 30.4 Å². The molecule has 0 fully saturated rings. The molecule has 0 saturated heterocycles. The van der Waals surface area contributed by atoms with E-state index in [9.17, 15) is 5.11 Å². The number of rotatable bonds is 2. The maximum atomic E-state index is 10.2. The summed E-state index contributed by atoms with van der Waals surface area (Å²) < 4.78 is 0. The number of hydrogen-bond acceptors (Lipinski definition) is 2. The molecule has 0 bridgehead atoms. The van der Waals surface area contributed by atoms with Crippen molar-refractivity contribution >= 4 is 28.1 Å². The highest BCUT2D eigenvalue weighted by Gasteiger charge is 2.30. The maximum absolute atomic E-state index is 10.2. The monoisotopic (exact) mass is 275 g/mol. The van der Waals surface area contributed by atoms with Gasteiger partial charge >= 0.3 is 0 Å². The van der Waals surface area contributed by atoms with E-state index in [2.05, 4.69) is 25.2 Å². The number of halogens is 1. The lowest BCUT2D eigenvalue weighted by atomic mass is 9.89. The fraction of sp³-hybridized carbons (Fsp3) is 0.375. The van der Waals surface area contributed by atoms with Gasteiger partial charge in [0.2, 0.25) is 0 Å². The molecule has 3 rings (SSSR count). The third-order valence-electron chi connectivity index (χ3n) is 4.10. The van der Waals surface area contributed by atoms with Gasteiger partial charge in [0.25, 0.3) is 0 Å². The molecule has 2 nitrogen and oxygen atoms in total. The quantitative estimate of drug-likeness (QED) is 0.797. The second-order valence-corrected chi connectivity index (χ2v) is 5.83.